The number of carbonyl (C=O) groups is 2. The number of nitrogens with zero attached hydrogens (tertiary/aromatic N) is 2. The van der Waals surface area contributed by atoms with E-state index in [-0.39, 0.29) is 17.1 Å². The average molecular weight is 270 g/mol. The van der Waals surface area contributed by atoms with Gasteiger partial charge in [-0.3, -0.25) is 10.1 Å². The highest BCUT2D eigenvalue weighted by molar-refractivity contribution is 7.17. The molecule has 2 heterocycles. The van der Waals surface area contributed by atoms with Gasteiger partial charge in [0, 0.05) is 6.61 Å². The lowest BCUT2D eigenvalue weighted by molar-refractivity contribution is -0.0275. The number of anilines is 1. The molecule has 8 heteroatoms. The molecule has 0 spiro atoms. The molecule has 2 rings (SSSR count). The van der Waals surface area contributed by atoms with Crippen LogP contribution in [0.2, 0.25) is 0 Å². The fourth-order valence-corrected chi connectivity index (χ4v) is 2.23. The van der Waals surface area contributed by atoms with Crippen molar-refractivity contribution in [3.05, 3.63) is 11.2 Å². The van der Waals surface area contributed by atoms with Gasteiger partial charge in [-0.05, 0) is 6.92 Å². The van der Waals surface area contributed by atoms with Gasteiger partial charge in [-0.15, -0.1) is 0 Å². The maximum atomic E-state index is 11.7. The number of rotatable bonds is 4. The average Bonchev–Trinajstić information content (AvgIpc) is 2.71. The Hall–Kier alpha value is -1.67. The van der Waals surface area contributed by atoms with Crippen LogP contribution in [-0.4, -0.2) is 47.6 Å². The lowest BCUT2D eigenvalue weighted by Crippen LogP contribution is -2.56. The van der Waals surface area contributed by atoms with Gasteiger partial charge in [-0.2, -0.15) is 0 Å². The van der Waals surface area contributed by atoms with Crippen LogP contribution in [0.1, 0.15) is 16.7 Å². The summed E-state index contributed by atoms with van der Waals surface area (Å²) in [5.41, 5.74) is 5.08. The number of hydrogen-bond donors (Lipinski definition) is 2. The molecule has 1 aromatic rings. The second-order valence-corrected chi connectivity index (χ2v) is 4.84. The lowest BCUT2D eigenvalue weighted by atomic mass is 10.2. The second kappa shape index (κ2) is 5.32. The molecule has 0 aliphatic carbocycles. The summed E-state index contributed by atoms with van der Waals surface area (Å²) in [6, 6.07) is -0.217. The molecule has 0 unspecified atom stereocenters. The minimum atomic E-state index is -0.596. The molecule has 1 fully saturated rings. The molecule has 0 aromatic carbocycles. The van der Waals surface area contributed by atoms with Crippen LogP contribution in [0.3, 0.4) is 0 Å². The largest absolute Gasteiger partial charge is 0.375 e. The van der Waals surface area contributed by atoms with E-state index in [9.17, 15) is 9.59 Å². The molecule has 1 aliphatic rings. The third-order valence-electron chi connectivity index (χ3n) is 2.48. The highest BCUT2D eigenvalue weighted by Gasteiger charge is 2.31. The highest BCUT2D eigenvalue weighted by Crippen LogP contribution is 2.20. The fraction of sp³-hybridized carbons (Fsp3) is 0.500. The summed E-state index contributed by atoms with van der Waals surface area (Å²) in [7, 11) is 0. The highest BCUT2D eigenvalue weighted by atomic mass is 32.1. The molecular formula is C10H14N4O3S. The molecular weight excluding hydrogens is 256 g/mol. The predicted octanol–water partition coefficient (Wildman–Crippen LogP) is 0.495. The fourth-order valence-electron chi connectivity index (χ4n) is 1.58. The number of ether oxygens (including phenoxy) is 1. The smallest absolute Gasteiger partial charge is 0.322 e. The first-order chi connectivity index (χ1) is 8.60. The van der Waals surface area contributed by atoms with Crippen molar-refractivity contribution in [2.45, 2.75) is 13.0 Å². The third kappa shape index (κ3) is 2.77. The van der Waals surface area contributed by atoms with Crippen molar-refractivity contribution < 1.29 is 14.3 Å². The van der Waals surface area contributed by atoms with Crippen LogP contribution in [0.4, 0.5) is 9.80 Å². The van der Waals surface area contributed by atoms with Crippen molar-refractivity contribution in [2.75, 3.05) is 25.0 Å². The number of carbonyl (C=O) groups excluding carboxylic acids is 2. The van der Waals surface area contributed by atoms with E-state index >= 15 is 0 Å². The van der Waals surface area contributed by atoms with E-state index in [0.717, 1.165) is 11.3 Å². The van der Waals surface area contributed by atoms with Crippen LogP contribution in [0.5, 0.6) is 0 Å². The number of nitrogens with two attached hydrogens (primary N) is 1. The zero-order chi connectivity index (χ0) is 13.1. The number of urea groups is 1. The van der Waals surface area contributed by atoms with Crippen LogP contribution in [0.25, 0.3) is 0 Å². The first-order valence-electron chi connectivity index (χ1n) is 5.53. The summed E-state index contributed by atoms with van der Waals surface area (Å²) in [4.78, 5) is 28.0. The van der Waals surface area contributed by atoms with E-state index in [1.54, 1.807) is 4.90 Å². The van der Waals surface area contributed by atoms with E-state index in [1.165, 1.54) is 6.20 Å². The third-order valence-corrected chi connectivity index (χ3v) is 3.41. The molecule has 3 amide bonds. The Labute approximate surface area is 108 Å². The number of aromatic nitrogens is 1. The van der Waals surface area contributed by atoms with Crippen molar-refractivity contribution in [3.63, 3.8) is 0 Å². The summed E-state index contributed by atoms with van der Waals surface area (Å²) in [6.45, 7) is 3.74. The van der Waals surface area contributed by atoms with Crippen molar-refractivity contribution in [1.29, 1.82) is 0 Å². The lowest BCUT2D eigenvalue weighted by Gasteiger charge is -2.38. The monoisotopic (exact) mass is 270 g/mol. The second-order valence-electron chi connectivity index (χ2n) is 3.81. The maximum Gasteiger partial charge on any atom is 0.322 e. The number of likely N-dealkylation sites (tertiary alicyclic amines) is 1. The molecule has 18 heavy (non-hydrogen) atoms. The van der Waals surface area contributed by atoms with Gasteiger partial charge in [0.2, 0.25) is 0 Å². The molecule has 1 aromatic heterocycles. The molecule has 0 atom stereocenters. The van der Waals surface area contributed by atoms with Crippen LogP contribution in [-0.2, 0) is 4.74 Å². The van der Waals surface area contributed by atoms with Crippen molar-refractivity contribution in [2.24, 2.45) is 5.73 Å². The molecule has 0 saturated carbocycles. The van der Waals surface area contributed by atoms with E-state index < -0.39 is 5.91 Å². The number of primary amides is 1. The maximum absolute atomic E-state index is 11.7. The predicted molar refractivity (Wildman–Crippen MR) is 66.6 cm³/mol. The van der Waals surface area contributed by atoms with Gasteiger partial charge in [-0.1, -0.05) is 11.3 Å². The quantitative estimate of drug-likeness (QED) is 0.832. The Morgan fingerprint density at radius 3 is 2.94 bits per heavy atom. The van der Waals surface area contributed by atoms with Crippen LogP contribution in [0.15, 0.2) is 6.20 Å². The first kappa shape index (κ1) is 12.8. The summed E-state index contributed by atoms with van der Waals surface area (Å²) < 4.78 is 5.35. The van der Waals surface area contributed by atoms with Gasteiger partial charge in [-0.25, -0.2) is 9.78 Å². The van der Waals surface area contributed by atoms with E-state index in [0.29, 0.717) is 24.7 Å². The first-order valence-corrected chi connectivity index (χ1v) is 6.35. The Bertz CT molecular complexity index is 456. The number of hydrogen-bond acceptors (Lipinski definition) is 5. The van der Waals surface area contributed by atoms with E-state index in [1.807, 2.05) is 6.92 Å². The Kier molecular flexibility index (Phi) is 3.78. The zero-order valence-corrected chi connectivity index (χ0v) is 10.7. The molecule has 1 aliphatic heterocycles. The van der Waals surface area contributed by atoms with Gasteiger partial charge >= 0.3 is 6.03 Å². The van der Waals surface area contributed by atoms with Crippen LogP contribution >= 0.6 is 11.3 Å². The zero-order valence-electron chi connectivity index (χ0n) is 9.88. The number of amides is 3. The van der Waals surface area contributed by atoms with Crippen molar-refractivity contribution in [3.8, 4) is 0 Å². The summed E-state index contributed by atoms with van der Waals surface area (Å²) in [5, 5.41) is 3.35. The molecule has 1 saturated heterocycles. The molecule has 3 N–H and O–H groups in total. The summed E-state index contributed by atoms with van der Waals surface area (Å²) in [5.74, 6) is -0.596. The van der Waals surface area contributed by atoms with Crippen LogP contribution < -0.4 is 11.1 Å². The number of thiazole rings is 1. The van der Waals surface area contributed by atoms with Gasteiger partial charge < -0.3 is 15.4 Å². The Morgan fingerprint density at radius 2 is 2.39 bits per heavy atom. The standard InChI is InChI=1S/C10H14N4O3S/c1-2-17-6-4-14(5-6)10(16)13-7-3-12-9(18-7)8(11)15/h3,6H,2,4-5H2,1H3,(H2,11,15)(H,13,16). The minimum Gasteiger partial charge on any atom is -0.375 e. The SMILES string of the molecule is CCOC1CN(C(=O)Nc2cnc(C(N)=O)s2)C1. The Morgan fingerprint density at radius 1 is 1.67 bits per heavy atom. The van der Waals surface area contributed by atoms with Gasteiger partial charge in [0.15, 0.2) is 5.01 Å². The summed E-state index contributed by atoms with van der Waals surface area (Å²) >= 11 is 1.06. The van der Waals surface area contributed by atoms with E-state index in [4.69, 9.17) is 10.5 Å². The molecule has 0 radical (unpaired) electrons. The molecule has 0 bridgehead atoms. The van der Waals surface area contributed by atoms with Crippen LogP contribution in [0, 0.1) is 0 Å². The van der Waals surface area contributed by atoms with Gasteiger partial charge in [0.05, 0.1) is 25.4 Å². The minimum absolute atomic E-state index is 0.128. The Balaban J connectivity index is 1.83. The van der Waals surface area contributed by atoms with Crippen molar-refractivity contribution >= 4 is 28.3 Å². The topological polar surface area (TPSA) is 97.6 Å². The molecule has 98 valence electrons. The normalized spacial score (nSPS) is 15.3. The van der Waals surface area contributed by atoms with E-state index in [2.05, 4.69) is 10.3 Å². The van der Waals surface area contributed by atoms with Gasteiger partial charge in [0.1, 0.15) is 5.00 Å². The van der Waals surface area contributed by atoms with Gasteiger partial charge in [0.25, 0.3) is 5.91 Å². The number of nitrogens with one attached hydrogen (secondary N) is 1. The molecule has 7 nitrogen and oxygen atoms in total. The summed E-state index contributed by atoms with van der Waals surface area (Å²) in [6.07, 6.45) is 1.55. The van der Waals surface area contributed by atoms with Crippen molar-refractivity contribution in [1.82, 2.24) is 9.88 Å².